The van der Waals surface area contributed by atoms with Crippen LogP contribution in [0.1, 0.15) is 15.9 Å². The number of benzene rings is 2. The van der Waals surface area contributed by atoms with E-state index in [9.17, 15) is 13.2 Å². The van der Waals surface area contributed by atoms with E-state index in [1.165, 1.54) is 18.1 Å². The molecule has 0 unspecified atom stereocenters. The number of anilines is 1. The first-order valence-electron chi connectivity index (χ1n) is 7.24. The van der Waals surface area contributed by atoms with Crippen LogP contribution in [-0.4, -0.2) is 40.4 Å². The second kappa shape index (κ2) is 6.92. The van der Waals surface area contributed by atoms with Gasteiger partial charge in [-0.05, 0) is 42.8 Å². The van der Waals surface area contributed by atoms with E-state index >= 15 is 0 Å². The van der Waals surface area contributed by atoms with Crippen LogP contribution >= 0.6 is 0 Å². The molecule has 7 heteroatoms. The molecular formula is C17H20N2O4S. The zero-order chi connectivity index (χ0) is 17.9. The summed E-state index contributed by atoms with van der Waals surface area (Å²) in [6.07, 6.45) is 0. The van der Waals surface area contributed by atoms with Gasteiger partial charge in [0, 0.05) is 14.1 Å². The van der Waals surface area contributed by atoms with Crippen molar-refractivity contribution in [2.45, 2.75) is 11.8 Å². The molecule has 6 nitrogen and oxygen atoms in total. The van der Waals surface area contributed by atoms with Crippen LogP contribution in [-0.2, 0) is 10.0 Å². The van der Waals surface area contributed by atoms with E-state index in [2.05, 4.69) is 4.72 Å². The molecular weight excluding hydrogens is 328 g/mol. The van der Waals surface area contributed by atoms with Crippen LogP contribution < -0.4 is 9.46 Å². The number of amides is 1. The van der Waals surface area contributed by atoms with Crippen molar-refractivity contribution in [1.82, 2.24) is 4.90 Å². The number of hydrogen-bond acceptors (Lipinski definition) is 4. The van der Waals surface area contributed by atoms with E-state index in [0.29, 0.717) is 11.3 Å². The van der Waals surface area contributed by atoms with E-state index < -0.39 is 10.0 Å². The average molecular weight is 348 g/mol. The fourth-order valence-electron chi connectivity index (χ4n) is 2.25. The lowest BCUT2D eigenvalue weighted by Gasteiger charge is -2.16. The molecule has 0 fully saturated rings. The second-order valence-electron chi connectivity index (χ2n) is 5.48. The Kier molecular flexibility index (Phi) is 5.14. The summed E-state index contributed by atoms with van der Waals surface area (Å²) in [7, 11) is 0.916. The van der Waals surface area contributed by atoms with Gasteiger partial charge in [-0.15, -0.1) is 0 Å². The summed E-state index contributed by atoms with van der Waals surface area (Å²) < 4.78 is 33.0. The van der Waals surface area contributed by atoms with Crippen molar-refractivity contribution in [2.24, 2.45) is 0 Å². The van der Waals surface area contributed by atoms with Crippen LogP contribution in [0, 0.1) is 6.92 Å². The van der Waals surface area contributed by atoms with E-state index in [4.69, 9.17) is 4.74 Å². The van der Waals surface area contributed by atoms with Crippen molar-refractivity contribution in [3.63, 3.8) is 0 Å². The number of nitrogens with one attached hydrogen (secondary N) is 1. The van der Waals surface area contributed by atoms with Crippen LogP contribution in [0.25, 0.3) is 0 Å². The Labute approximate surface area is 142 Å². The van der Waals surface area contributed by atoms with Crippen molar-refractivity contribution >= 4 is 21.6 Å². The quantitative estimate of drug-likeness (QED) is 0.901. The minimum atomic E-state index is -3.83. The molecule has 24 heavy (non-hydrogen) atoms. The zero-order valence-electron chi connectivity index (χ0n) is 14.0. The first-order valence-corrected chi connectivity index (χ1v) is 8.72. The number of aryl methyl sites for hydroxylation is 1. The summed E-state index contributed by atoms with van der Waals surface area (Å²) in [5.74, 6) is 0.300. The lowest BCUT2D eigenvalue weighted by molar-refractivity contribution is 0.0828. The van der Waals surface area contributed by atoms with Gasteiger partial charge in [-0.3, -0.25) is 9.52 Å². The molecule has 2 aromatic rings. The van der Waals surface area contributed by atoms with Gasteiger partial charge in [0.2, 0.25) is 0 Å². The fourth-order valence-corrected chi connectivity index (χ4v) is 3.56. The van der Waals surface area contributed by atoms with E-state index in [-0.39, 0.29) is 22.1 Å². The number of para-hydroxylation sites is 1. The Balaban J connectivity index is 2.42. The summed E-state index contributed by atoms with van der Waals surface area (Å²) in [6, 6.07) is 11.2. The lowest BCUT2D eigenvalue weighted by Crippen LogP contribution is -2.24. The molecule has 0 saturated heterocycles. The normalized spacial score (nSPS) is 11.0. The maximum absolute atomic E-state index is 12.7. The summed E-state index contributed by atoms with van der Waals surface area (Å²) in [5, 5.41) is 0. The Morgan fingerprint density at radius 3 is 2.38 bits per heavy atom. The van der Waals surface area contributed by atoms with Gasteiger partial charge in [-0.2, -0.15) is 0 Å². The predicted molar refractivity (Wildman–Crippen MR) is 93.0 cm³/mol. The van der Waals surface area contributed by atoms with Crippen molar-refractivity contribution in [1.29, 1.82) is 0 Å². The van der Waals surface area contributed by atoms with E-state index in [0.717, 1.165) is 0 Å². The molecule has 2 rings (SSSR count). The first-order chi connectivity index (χ1) is 11.3. The molecule has 0 heterocycles. The number of carbonyl (C=O) groups excluding carboxylic acids is 1. The molecule has 0 bridgehead atoms. The maximum Gasteiger partial charge on any atom is 0.262 e. The Bertz CT molecular complexity index is 861. The molecule has 0 aliphatic heterocycles. The Hall–Kier alpha value is -2.54. The standard InChI is InChI=1S/C17H20N2O4S/c1-12-11-13(23-4)9-10-16(12)24(21,22)18-15-8-6-5-7-14(15)17(20)19(2)3/h5-11,18H,1-4H3. The Morgan fingerprint density at radius 1 is 1.12 bits per heavy atom. The fraction of sp³-hybridized carbons (Fsp3) is 0.235. The highest BCUT2D eigenvalue weighted by molar-refractivity contribution is 7.92. The Morgan fingerprint density at radius 2 is 1.79 bits per heavy atom. The van der Waals surface area contributed by atoms with Gasteiger partial charge in [-0.1, -0.05) is 12.1 Å². The molecule has 0 saturated carbocycles. The van der Waals surface area contributed by atoms with Crippen molar-refractivity contribution in [2.75, 3.05) is 25.9 Å². The molecule has 128 valence electrons. The molecule has 0 aliphatic carbocycles. The topological polar surface area (TPSA) is 75.7 Å². The summed E-state index contributed by atoms with van der Waals surface area (Å²) in [6.45, 7) is 1.69. The highest BCUT2D eigenvalue weighted by Gasteiger charge is 2.21. The van der Waals surface area contributed by atoms with Gasteiger partial charge >= 0.3 is 0 Å². The second-order valence-corrected chi connectivity index (χ2v) is 7.13. The summed E-state index contributed by atoms with van der Waals surface area (Å²) in [4.78, 5) is 13.7. The van der Waals surface area contributed by atoms with Crippen molar-refractivity contribution in [3.8, 4) is 5.75 Å². The van der Waals surface area contributed by atoms with Crippen molar-refractivity contribution < 1.29 is 17.9 Å². The maximum atomic E-state index is 12.7. The zero-order valence-corrected chi connectivity index (χ0v) is 14.8. The van der Waals surface area contributed by atoms with Crippen LogP contribution in [0.3, 0.4) is 0 Å². The summed E-state index contributed by atoms with van der Waals surface area (Å²) >= 11 is 0. The molecule has 2 aromatic carbocycles. The lowest BCUT2D eigenvalue weighted by atomic mass is 10.1. The number of hydrogen-bond donors (Lipinski definition) is 1. The SMILES string of the molecule is COc1ccc(S(=O)(=O)Nc2ccccc2C(=O)N(C)C)c(C)c1. The molecule has 0 spiro atoms. The van der Waals surface area contributed by atoms with Crippen LogP contribution in [0.4, 0.5) is 5.69 Å². The van der Waals surface area contributed by atoms with Gasteiger partial charge in [0.1, 0.15) is 5.75 Å². The number of sulfonamides is 1. The average Bonchev–Trinajstić information content (AvgIpc) is 2.53. The highest BCUT2D eigenvalue weighted by Crippen LogP contribution is 2.25. The predicted octanol–water partition coefficient (Wildman–Crippen LogP) is 2.51. The number of nitrogens with zero attached hydrogens (tertiary/aromatic N) is 1. The third-order valence-corrected chi connectivity index (χ3v) is 5.01. The molecule has 0 radical (unpaired) electrons. The molecule has 0 aliphatic rings. The third kappa shape index (κ3) is 3.68. The molecule has 1 amide bonds. The van der Waals surface area contributed by atoms with E-state index in [1.807, 2.05) is 0 Å². The third-order valence-electron chi connectivity index (χ3n) is 3.48. The van der Waals surface area contributed by atoms with Crippen molar-refractivity contribution in [3.05, 3.63) is 53.6 Å². The van der Waals surface area contributed by atoms with Crippen LogP contribution in [0.15, 0.2) is 47.4 Å². The minimum Gasteiger partial charge on any atom is -0.497 e. The smallest absolute Gasteiger partial charge is 0.262 e. The van der Waals surface area contributed by atoms with Crippen LogP contribution in [0.5, 0.6) is 5.75 Å². The largest absolute Gasteiger partial charge is 0.497 e. The van der Waals surface area contributed by atoms with E-state index in [1.54, 1.807) is 57.4 Å². The number of rotatable bonds is 5. The monoisotopic (exact) mass is 348 g/mol. The van der Waals surface area contributed by atoms with Gasteiger partial charge in [-0.25, -0.2) is 8.42 Å². The minimum absolute atomic E-state index is 0.135. The molecule has 1 N–H and O–H groups in total. The number of carbonyl (C=O) groups is 1. The van der Waals surface area contributed by atoms with Gasteiger partial charge < -0.3 is 9.64 Å². The highest BCUT2D eigenvalue weighted by atomic mass is 32.2. The first kappa shape index (κ1) is 17.8. The number of ether oxygens (including phenoxy) is 1. The molecule has 0 atom stereocenters. The molecule has 0 aromatic heterocycles. The van der Waals surface area contributed by atoms with Crippen LogP contribution in [0.2, 0.25) is 0 Å². The van der Waals surface area contributed by atoms with Gasteiger partial charge in [0.05, 0.1) is 23.3 Å². The summed E-state index contributed by atoms with van der Waals surface area (Å²) in [5.41, 5.74) is 1.09. The van der Waals surface area contributed by atoms with Gasteiger partial charge in [0.25, 0.3) is 15.9 Å². The van der Waals surface area contributed by atoms with Gasteiger partial charge in [0.15, 0.2) is 0 Å². The number of methoxy groups -OCH3 is 1.